The summed E-state index contributed by atoms with van der Waals surface area (Å²) in [6.07, 6.45) is 2.09. The van der Waals surface area contributed by atoms with Crippen molar-refractivity contribution in [3.8, 4) is 0 Å². The van der Waals surface area contributed by atoms with Gasteiger partial charge in [0, 0.05) is 11.4 Å². The Bertz CT molecular complexity index is 686. The van der Waals surface area contributed by atoms with Crippen molar-refractivity contribution in [2.75, 3.05) is 11.9 Å². The summed E-state index contributed by atoms with van der Waals surface area (Å²) < 4.78 is 1.55. The summed E-state index contributed by atoms with van der Waals surface area (Å²) in [5.41, 5.74) is 5.27. The minimum Gasteiger partial charge on any atom is -0.376 e. The number of nitrogens with zero attached hydrogens (tertiary/aromatic N) is 2. The van der Waals surface area contributed by atoms with Crippen LogP contribution in [0.5, 0.6) is 0 Å². The molecule has 0 saturated carbocycles. The molecule has 0 fully saturated rings. The van der Waals surface area contributed by atoms with E-state index < -0.39 is 0 Å². The highest BCUT2D eigenvalue weighted by Crippen LogP contribution is 2.18. The number of rotatable bonds is 6. The van der Waals surface area contributed by atoms with Crippen molar-refractivity contribution in [2.45, 2.75) is 47.5 Å². The molecule has 0 aliphatic rings. The minimum absolute atomic E-state index is 0.0235. The molecule has 4 nitrogen and oxygen atoms in total. The Kier molecular flexibility index (Phi) is 5.59. The Balaban J connectivity index is 2.08. The van der Waals surface area contributed by atoms with Crippen LogP contribution >= 0.6 is 0 Å². The van der Waals surface area contributed by atoms with Crippen molar-refractivity contribution < 1.29 is 4.79 Å². The van der Waals surface area contributed by atoms with E-state index in [1.165, 1.54) is 5.56 Å². The highest BCUT2D eigenvalue weighted by atomic mass is 16.2. The standard InChI is InChI=1S/C19H27N3O/c1-13(2)10-11-17-15(4)21-22(16(17)5)19(23)12-20-18-9-7-6-8-14(18)3/h6-9,13,20H,10-12H2,1-5H3. The van der Waals surface area contributed by atoms with Gasteiger partial charge in [-0.2, -0.15) is 5.10 Å². The van der Waals surface area contributed by atoms with E-state index in [-0.39, 0.29) is 12.5 Å². The van der Waals surface area contributed by atoms with E-state index in [0.717, 1.165) is 35.5 Å². The first-order chi connectivity index (χ1) is 10.9. The molecule has 124 valence electrons. The van der Waals surface area contributed by atoms with E-state index in [4.69, 9.17) is 0 Å². The van der Waals surface area contributed by atoms with Crippen LogP contribution < -0.4 is 5.32 Å². The third kappa shape index (κ3) is 4.21. The summed E-state index contributed by atoms with van der Waals surface area (Å²) in [6.45, 7) is 10.7. The van der Waals surface area contributed by atoms with Crippen LogP contribution in [0.1, 0.15) is 47.6 Å². The molecule has 23 heavy (non-hydrogen) atoms. The van der Waals surface area contributed by atoms with Gasteiger partial charge in [0.15, 0.2) is 0 Å². The number of aryl methyl sites for hydroxylation is 2. The second kappa shape index (κ2) is 7.44. The predicted molar refractivity (Wildman–Crippen MR) is 95.2 cm³/mol. The van der Waals surface area contributed by atoms with Gasteiger partial charge in [0.1, 0.15) is 0 Å². The molecule has 0 atom stereocenters. The molecule has 0 spiro atoms. The van der Waals surface area contributed by atoms with E-state index in [2.05, 4.69) is 24.3 Å². The molecular formula is C19H27N3O. The lowest BCUT2D eigenvalue weighted by Gasteiger charge is -2.09. The van der Waals surface area contributed by atoms with E-state index in [9.17, 15) is 4.79 Å². The Labute approximate surface area is 138 Å². The van der Waals surface area contributed by atoms with Crippen molar-refractivity contribution >= 4 is 11.6 Å². The van der Waals surface area contributed by atoms with Crippen molar-refractivity contribution in [1.29, 1.82) is 0 Å². The summed E-state index contributed by atoms with van der Waals surface area (Å²) in [7, 11) is 0. The fraction of sp³-hybridized carbons (Fsp3) is 0.474. The lowest BCUT2D eigenvalue weighted by molar-refractivity contribution is 0.0910. The topological polar surface area (TPSA) is 46.9 Å². The van der Waals surface area contributed by atoms with Crippen molar-refractivity contribution in [1.82, 2.24) is 9.78 Å². The number of carbonyl (C=O) groups is 1. The molecule has 0 aliphatic carbocycles. The van der Waals surface area contributed by atoms with Gasteiger partial charge in [0.05, 0.1) is 12.2 Å². The normalized spacial score (nSPS) is 11.0. The molecule has 4 heteroatoms. The van der Waals surface area contributed by atoms with Crippen molar-refractivity contribution in [3.63, 3.8) is 0 Å². The third-order valence-corrected chi connectivity index (χ3v) is 4.22. The molecule has 2 rings (SSSR count). The van der Waals surface area contributed by atoms with E-state index in [1.807, 2.05) is 45.0 Å². The average molecular weight is 313 g/mol. The number of nitrogens with one attached hydrogen (secondary N) is 1. The monoisotopic (exact) mass is 313 g/mol. The first kappa shape index (κ1) is 17.3. The number of anilines is 1. The number of benzene rings is 1. The maximum atomic E-state index is 12.5. The first-order valence-electron chi connectivity index (χ1n) is 8.28. The van der Waals surface area contributed by atoms with Crippen LogP contribution in [-0.4, -0.2) is 22.2 Å². The zero-order chi connectivity index (χ0) is 17.0. The van der Waals surface area contributed by atoms with Gasteiger partial charge in [-0.25, -0.2) is 4.68 Å². The molecule has 0 radical (unpaired) electrons. The summed E-state index contributed by atoms with van der Waals surface area (Å²) in [5.74, 6) is 0.625. The van der Waals surface area contributed by atoms with Crippen LogP contribution in [0.15, 0.2) is 24.3 Å². The zero-order valence-corrected chi connectivity index (χ0v) is 14.8. The minimum atomic E-state index is -0.0235. The number of aromatic nitrogens is 2. The maximum absolute atomic E-state index is 12.5. The molecule has 1 aromatic heterocycles. The largest absolute Gasteiger partial charge is 0.376 e. The molecule has 1 N–H and O–H groups in total. The van der Waals surface area contributed by atoms with Crippen LogP contribution in [0.2, 0.25) is 0 Å². The number of hydrogen-bond acceptors (Lipinski definition) is 3. The van der Waals surface area contributed by atoms with Gasteiger partial charge in [0.2, 0.25) is 0 Å². The second-order valence-electron chi connectivity index (χ2n) is 6.56. The Morgan fingerprint density at radius 2 is 1.91 bits per heavy atom. The fourth-order valence-corrected chi connectivity index (χ4v) is 2.73. The van der Waals surface area contributed by atoms with Crippen LogP contribution in [0.4, 0.5) is 5.69 Å². The average Bonchev–Trinajstić information content (AvgIpc) is 2.79. The number of carbonyl (C=O) groups excluding carboxylic acids is 1. The molecule has 0 amide bonds. The predicted octanol–water partition coefficient (Wildman–Crippen LogP) is 4.15. The van der Waals surface area contributed by atoms with Gasteiger partial charge in [0.25, 0.3) is 5.91 Å². The molecule has 1 heterocycles. The highest BCUT2D eigenvalue weighted by molar-refractivity contribution is 5.83. The van der Waals surface area contributed by atoms with Crippen LogP contribution in [0, 0.1) is 26.7 Å². The van der Waals surface area contributed by atoms with E-state index >= 15 is 0 Å². The van der Waals surface area contributed by atoms with Gasteiger partial charge in [-0.15, -0.1) is 0 Å². The summed E-state index contributed by atoms with van der Waals surface area (Å²) in [5, 5.41) is 7.66. The van der Waals surface area contributed by atoms with Gasteiger partial charge < -0.3 is 5.32 Å². The molecular weight excluding hydrogens is 286 g/mol. The molecule has 2 aromatic rings. The molecule has 0 saturated heterocycles. The van der Waals surface area contributed by atoms with Gasteiger partial charge >= 0.3 is 0 Å². The third-order valence-electron chi connectivity index (χ3n) is 4.22. The van der Waals surface area contributed by atoms with Gasteiger partial charge in [-0.1, -0.05) is 32.0 Å². The highest BCUT2D eigenvalue weighted by Gasteiger charge is 2.16. The van der Waals surface area contributed by atoms with Crippen LogP contribution in [0.25, 0.3) is 0 Å². The Morgan fingerprint density at radius 3 is 2.57 bits per heavy atom. The second-order valence-corrected chi connectivity index (χ2v) is 6.56. The lowest BCUT2D eigenvalue weighted by atomic mass is 10.0. The molecule has 0 unspecified atom stereocenters. The van der Waals surface area contributed by atoms with E-state index in [0.29, 0.717) is 5.92 Å². The van der Waals surface area contributed by atoms with Crippen LogP contribution in [0.3, 0.4) is 0 Å². The molecule has 1 aromatic carbocycles. The van der Waals surface area contributed by atoms with Crippen molar-refractivity contribution in [2.24, 2.45) is 5.92 Å². The quantitative estimate of drug-likeness (QED) is 0.871. The van der Waals surface area contributed by atoms with Crippen LogP contribution in [-0.2, 0) is 6.42 Å². The van der Waals surface area contributed by atoms with Gasteiger partial charge in [-0.05, 0) is 56.7 Å². The zero-order valence-electron chi connectivity index (χ0n) is 14.8. The SMILES string of the molecule is Cc1ccccc1NCC(=O)n1nc(C)c(CCC(C)C)c1C. The molecule has 0 aliphatic heterocycles. The number of para-hydroxylation sites is 1. The Hall–Kier alpha value is -2.10. The summed E-state index contributed by atoms with van der Waals surface area (Å²) in [4.78, 5) is 12.5. The Morgan fingerprint density at radius 1 is 1.22 bits per heavy atom. The fourth-order valence-electron chi connectivity index (χ4n) is 2.73. The first-order valence-corrected chi connectivity index (χ1v) is 8.28. The van der Waals surface area contributed by atoms with E-state index in [1.54, 1.807) is 4.68 Å². The molecule has 0 bridgehead atoms. The lowest BCUT2D eigenvalue weighted by Crippen LogP contribution is -2.23. The summed E-state index contributed by atoms with van der Waals surface area (Å²) >= 11 is 0. The van der Waals surface area contributed by atoms with Gasteiger partial charge in [-0.3, -0.25) is 4.79 Å². The number of hydrogen-bond donors (Lipinski definition) is 1. The summed E-state index contributed by atoms with van der Waals surface area (Å²) in [6, 6.07) is 7.97. The maximum Gasteiger partial charge on any atom is 0.266 e. The smallest absolute Gasteiger partial charge is 0.266 e. The van der Waals surface area contributed by atoms with Crippen molar-refractivity contribution in [3.05, 3.63) is 46.8 Å².